The monoisotopic (exact) mass is 411 g/mol. The van der Waals surface area contributed by atoms with Crippen LogP contribution in [-0.2, 0) is 11.3 Å². The molecule has 2 aromatic carbocycles. The summed E-state index contributed by atoms with van der Waals surface area (Å²) < 4.78 is 10.4. The van der Waals surface area contributed by atoms with Gasteiger partial charge in [-0.1, -0.05) is 12.1 Å². The lowest BCUT2D eigenvalue weighted by molar-refractivity contribution is 0.0525. The number of tetrazole rings is 1. The maximum Gasteiger partial charge on any atom is 0.338 e. The van der Waals surface area contributed by atoms with Crippen molar-refractivity contribution in [2.75, 3.05) is 13.2 Å². The fraction of sp³-hybridized carbons (Fsp3) is 0.250. The molecule has 156 valence electrons. The predicted molar refractivity (Wildman–Crippen MR) is 106 cm³/mol. The van der Waals surface area contributed by atoms with Gasteiger partial charge in [-0.05, 0) is 48.5 Å². The van der Waals surface area contributed by atoms with Gasteiger partial charge in [-0.3, -0.25) is 4.79 Å². The number of amides is 1. The second-order valence-corrected chi connectivity index (χ2v) is 6.32. The molecule has 0 saturated carbocycles. The summed E-state index contributed by atoms with van der Waals surface area (Å²) in [6.07, 6.45) is -0.881. The van der Waals surface area contributed by atoms with E-state index < -0.39 is 18.0 Å². The normalized spacial score (nSPS) is 11.7. The smallest absolute Gasteiger partial charge is 0.338 e. The minimum atomic E-state index is -0.881. The Morgan fingerprint density at radius 2 is 1.77 bits per heavy atom. The Morgan fingerprint density at radius 3 is 2.40 bits per heavy atom. The number of nitrogens with zero attached hydrogens (tertiary/aromatic N) is 4. The Balaban J connectivity index is 1.52. The number of rotatable bonds is 9. The van der Waals surface area contributed by atoms with Gasteiger partial charge in [0.15, 0.2) is 0 Å². The van der Waals surface area contributed by atoms with E-state index >= 15 is 0 Å². The molecule has 0 radical (unpaired) electrons. The zero-order valence-corrected chi connectivity index (χ0v) is 16.3. The number of hydrogen-bond acceptors (Lipinski definition) is 8. The lowest BCUT2D eigenvalue weighted by Gasteiger charge is -2.11. The molecule has 0 spiro atoms. The third-order valence-corrected chi connectivity index (χ3v) is 4.06. The summed E-state index contributed by atoms with van der Waals surface area (Å²) in [4.78, 5) is 24.0. The highest BCUT2D eigenvalue weighted by atomic mass is 16.5. The molecule has 0 saturated heterocycles. The number of benzene rings is 2. The molecule has 3 N–H and O–H groups in total. The van der Waals surface area contributed by atoms with Crippen molar-refractivity contribution >= 4 is 11.9 Å². The molecule has 1 amide bonds. The minimum Gasteiger partial charge on any atom is -0.491 e. The molecule has 10 heteroatoms. The highest BCUT2D eigenvalue weighted by molar-refractivity contribution is 5.93. The highest BCUT2D eigenvalue weighted by Crippen LogP contribution is 2.15. The molecule has 3 aromatic rings. The van der Waals surface area contributed by atoms with Crippen LogP contribution >= 0.6 is 0 Å². The first-order valence-electron chi connectivity index (χ1n) is 9.22. The minimum absolute atomic E-state index is 0.00291. The number of carbonyl (C=O) groups excluding carboxylic acids is 2. The second-order valence-electron chi connectivity index (χ2n) is 6.32. The van der Waals surface area contributed by atoms with Gasteiger partial charge in [0.1, 0.15) is 18.5 Å². The van der Waals surface area contributed by atoms with Crippen LogP contribution in [0.15, 0.2) is 48.5 Å². The van der Waals surface area contributed by atoms with Gasteiger partial charge in [0.2, 0.25) is 11.7 Å². The molecular formula is C20H21N5O5. The van der Waals surface area contributed by atoms with Crippen molar-refractivity contribution in [3.8, 4) is 17.1 Å². The number of aromatic nitrogens is 4. The standard InChI is InChI=1S/C20H21N5O5/c1-2-29-20(28)15-7-9-17(10-8-15)30-12-16(26)11-25-23-19(22-24-25)14-5-3-13(4-6-14)18(21)27/h3-10,16,26H,2,11-12H2,1H3,(H2,21,27). The first-order chi connectivity index (χ1) is 14.5. The van der Waals surface area contributed by atoms with Gasteiger partial charge in [0.25, 0.3) is 0 Å². The first kappa shape index (κ1) is 20.9. The molecule has 0 aliphatic heterocycles. The number of carbonyl (C=O) groups is 2. The maximum atomic E-state index is 11.6. The third kappa shape index (κ3) is 5.39. The largest absolute Gasteiger partial charge is 0.491 e. The summed E-state index contributed by atoms with van der Waals surface area (Å²) in [6.45, 7) is 2.12. The molecule has 10 nitrogen and oxygen atoms in total. The highest BCUT2D eigenvalue weighted by Gasteiger charge is 2.12. The van der Waals surface area contributed by atoms with E-state index in [0.717, 1.165) is 0 Å². The van der Waals surface area contributed by atoms with Crippen molar-refractivity contribution in [1.82, 2.24) is 20.2 Å². The SMILES string of the molecule is CCOC(=O)c1ccc(OCC(O)Cn2nnc(-c3ccc(C(N)=O)cc3)n2)cc1. The van der Waals surface area contributed by atoms with Crippen LogP contribution in [-0.4, -0.2) is 56.5 Å². The zero-order valence-electron chi connectivity index (χ0n) is 16.3. The summed E-state index contributed by atoms with van der Waals surface area (Å²) >= 11 is 0. The van der Waals surface area contributed by atoms with Crippen molar-refractivity contribution in [3.05, 3.63) is 59.7 Å². The van der Waals surface area contributed by atoms with Crippen LogP contribution in [0.2, 0.25) is 0 Å². The van der Waals surface area contributed by atoms with E-state index in [0.29, 0.717) is 34.9 Å². The number of ether oxygens (including phenoxy) is 2. The Bertz CT molecular complexity index is 1000. The van der Waals surface area contributed by atoms with E-state index in [1.54, 1.807) is 55.5 Å². The summed E-state index contributed by atoms with van der Waals surface area (Å²) in [5.74, 6) is -0.0594. The van der Waals surface area contributed by atoms with Crippen molar-refractivity contribution in [2.45, 2.75) is 19.6 Å². The van der Waals surface area contributed by atoms with Crippen LogP contribution in [0.4, 0.5) is 0 Å². The summed E-state index contributed by atoms with van der Waals surface area (Å²) in [6, 6.07) is 12.9. The number of hydrogen-bond donors (Lipinski definition) is 2. The molecule has 0 bridgehead atoms. The van der Waals surface area contributed by atoms with Gasteiger partial charge in [-0.25, -0.2) is 4.79 Å². The zero-order chi connectivity index (χ0) is 21.5. The molecule has 1 heterocycles. The van der Waals surface area contributed by atoms with Crippen molar-refractivity contribution < 1.29 is 24.2 Å². The number of primary amides is 1. The van der Waals surface area contributed by atoms with E-state index in [1.807, 2.05) is 0 Å². The lowest BCUT2D eigenvalue weighted by atomic mass is 10.1. The Kier molecular flexibility index (Phi) is 6.71. The molecule has 3 rings (SSSR count). The number of aliphatic hydroxyl groups is 1. The van der Waals surface area contributed by atoms with Crippen molar-refractivity contribution in [2.24, 2.45) is 5.73 Å². The van der Waals surface area contributed by atoms with Gasteiger partial charge < -0.3 is 20.3 Å². The van der Waals surface area contributed by atoms with Gasteiger partial charge in [0, 0.05) is 11.1 Å². The van der Waals surface area contributed by atoms with E-state index in [-0.39, 0.29) is 13.2 Å². The Hall–Kier alpha value is -3.79. The second kappa shape index (κ2) is 9.61. The Morgan fingerprint density at radius 1 is 1.10 bits per heavy atom. The van der Waals surface area contributed by atoms with Gasteiger partial charge in [-0.15, -0.1) is 10.2 Å². The van der Waals surface area contributed by atoms with Crippen LogP contribution in [0.5, 0.6) is 5.75 Å². The van der Waals surface area contributed by atoms with E-state index in [4.69, 9.17) is 15.2 Å². The van der Waals surface area contributed by atoms with Gasteiger partial charge in [-0.2, -0.15) is 4.80 Å². The van der Waals surface area contributed by atoms with Crippen LogP contribution in [0.25, 0.3) is 11.4 Å². The third-order valence-electron chi connectivity index (χ3n) is 4.06. The quantitative estimate of drug-likeness (QED) is 0.498. The molecular weight excluding hydrogens is 390 g/mol. The molecule has 0 aliphatic carbocycles. The van der Waals surface area contributed by atoms with E-state index in [9.17, 15) is 14.7 Å². The lowest BCUT2D eigenvalue weighted by Crippen LogP contribution is -2.25. The molecule has 1 unspecified atom stereocenters. The molecule has 0 aliphatic rings. The van der Waals surface area contributed by atoms with Gasteiger partial charge in [0.05, 0.1) is 18.7 Å². The molecule has 0 fully saturated rings. The van der Waals surface area contributed by atoms with Crippen LogP contribution in [0, 0.1) is 0 Å². The molecule has 1 aromatic heterocycles. The van der Waals surface area contributed by atoms with Crippen molar-refractivity contribution in [3.63, 3.8) is 0 Å². The topological polar surface area (TPSA) is 142 Å². The molecule has 30 heavy (non-hydrogen) atoms. The average Bonchev–Trinajstić information content (AvgIpc) is 3.21. The summed E-state index contributed by atoms with van der Waals surface area (Å²) in [7, 11) is 0. The van der Waals surface area contributed by atoms with Crippen LogP contribution in [0.1, 0.15) is 27.6 Å². The fourth-order valence-electron chi connectivity index (χ4n) is 2.55. The first-order valence-corrected chi connectivity index (χ1v) is 9.22. The predicted octanol–water partition coefficient (Wildman–Crippen LogP) is 1.06. The molecule has 1 atom stereocenters. The van der Waals surface area contributed by atoms with Crippen molar-refractivity contribution in [1.29, 1.82) is 0 Å². The van der Waals surface area contributed by atoms with Gasteiger partial charge >= 0.3 is 5.97 Å². The van der Waals surface area contributed by atoms with E-state index in [1.165, 1.54) is 4.80 Å². The van der Waals surface area contributed by atoms with E-state index in [2.05, 4.69) is 15.4 Å². The average molecular weight is 411 g/mol. The summed E-state index contributed by atoms with van der Waals surface area (Å²) in [5.41, 5.74) is 6.69. The van der Waals surface area contributed by atoms with Crippen LogP contribution in [0.3, 0.4) is 0 Å². The number of nitrogens with two attached hydrogens (primary N) is 1. The number of esters is 1. The van der Waals surface area contributed by atoms with Crippen LogP contribution < -0.4 is 10.5 Å². The number of aliphatic hydroxyl groups excluding tert-OH is 1. The Labute approximate surface area is 172 Å². The maximum absolute atomic E-state index is 11.6. The fourth-order valence-corrected chi connectivity index (χ4v) is 2.55. The summed E-state index contributed by atoms with van der Waals surface area (Å²) in [5, 5.41) is 22.2.